The lowest BCUT2D eigenvalue weighted by molar-refractivity contribution is 0.0983. The molecule has 2 rings (SSSR count). The second kappa shape index (κ2) is 3.46. The van der Waals surface area contributed by atoms with Gasteiger partial charge in [0.25, 0.3) is 0 Å². The summed E-state index contributed by atoms with van der Waals surface area (Å²) in [5, 5.41) is 3.26. The molecule has 1 N–H and O–H groups in total. The number of carbonyl (C=O) groups excluding carboxylic acids is 1. The molecule has 1 aliphatic heterocycles. The van der Waals surface area contributed by atoms with Crippen LogP contribution in [0.25, 0.3) is 0 Å². The highest BCUT2D eigenvalue weighted by Gasteiger charge is 2.48. The lowest BCUT2D eigenvalue weighted by atomic mass is 9.88. The van der Waals surface area contributed by atoms with Crippen LogP contribution in [0, 0.1) is 5.41 Å². The molecular formula is C13H17NO. The maximum atomic E-state index is 12.0. The van der Waals surface area contributed by atoms with Gasteiger partial charge in [-0.2, -0.15) is 0 Å². The van der Waals surface area contributed by atoms with Crippen molar-refractivity contribution in [3.05, 3.63) is 35.9 Å². The first-order chi connectivity index (χ1) is 7.00. The minimum Gasteiger partial charge on any atom is -0.300 e. The van der Waals surface area contributed by atoms with Gasteiger partial charge < -0.3 is 5.32 Å². The van der Waals surface area contributed by atoms with Crippen LogP contribution in [0.5, 0.6) is 0 Å². The number of carbonyl (C=O) groups is 1. The van der Waals surface area contributed by atoms with Crippen LogP contribution in [-0.4, -0.2) is 17.9 Å². The fourth-order valence-corrected chi connectivity index (χ4v) is 1.90. The van der Waals surface area contributed by atoms with Crippen LogP contribution in [0.1, 0.15) is 31.1 Å². The zero-order valence-electron chi connectivity index (χ0n) is 9.45. The quantitative estimate of drug-likeness (QED) is 0.591. The van der Waals surface area contributed by atoms with E-state index >= 15 is 0 Å². The van der Waals surface area contributed by atoms with Gasteiger partial charge in [0.05, 0.1) is 6.04 Å². The summed E-state index contributed by atoms with van der Waals surface area (Å²) >= 11 is 0. The van der Waals surface area contributed by atoms with Gasteiger partial charge in [-0.05, 0) is 5.41 Å². The molecule has 1 heterocycles. The molecule has 0 radical (unpaired) electrons. The molecule has 0 saturated carbocycles. The van der Waals surface area contributed by atoms with Crippen LogP contribution in [0.4, 0.5) is 0 Å². The van der Waals surface area contributed by atoms with E-state index in [0.717, 1.165) is 5.56 Å². The summed E-state index contributed by atoms with van der Waals surface area (Å²) in [5.41, 5.74) is 0.969. The van der Waals surface area contributed by atoms with Crippen molar-refractivity contribution < 1.29 is 4.79 Å². The first kappa shape index (κ1) is 10.4. The minimum absolute atomic E-state index is 0.0207. The van der Waals surface area contributed by atoms with Crippen LogP contribution >= 0.6 is 0 Å². The largest absolute Gasteiger partial charge is 0.300 e. The normalized spacial score (nSPS) is 25.0. The van der Waals surface area contributed by atoms with Crippen molar-refractivity contribution in [2.75, 3.05) is 0 Å². The minimum atomic E-state index is 0.0207. The number of rotatable bonds is 2. The van der Waals surface area contributed by atoms with Gasteiger partial charge in [-0.15, -0.1) is 0 Å². The summed E-state index contributed by atoms with van der Waals surface area (Å²) in [6, 6.07) is 9.84. The fraction of sp³-hybridized carbons (Fsp3) is 0.462. The first-order valence-corrected chi connectivity index (χ1v) is 5.35. The molecule has 2 nitrogen and oxygen atoms in total. The van der Waals surface area contributed by atoms with Gasteiger partial charge in [-0.3, -0.25) is 4.79 Å². The number of ketones is 1. The van der Waals surface area contributed by atoms with Crippen molar-refractivity contribution in [1.29, 1.82) is 0 Å². The molecule has 2 atom stereocenters. The molecule has 15 heavy (non-hydrogen) atoms. The third kappa shape index (κ3) is 2.10. The van der Waals surface area contributed by atoms with Gasteiger partial charge in [0.1, 0.15) is 0 Å². The Kier molecular flexibility index (Phi) is 2.39. The van der Waals surface area contributed by atoms with Crippen molar-refractivity contribution in [2.45, 2.75) is 32.9 Å². The Labute approximate surface area is 90.7 Å². The van der Waals surface area contributed by atoms with Gasteiger partial charge in [-0.1, -0.05) is 51.1 Å². The molecule has 0 spiro atoms. The number of hydrogen-bond acceptors (Lipinski definition) is 2. The van der Waals surface area contributed by atoms with E-state index in [0.29, 0.717) is 6.04 Å². The third-order valence-corrected chi connectivity index (χ3v) is 2.86. The van der Waals surface area contributed by atoms with E-state index in [9.17, 15) is 4.79 Å². The molecule has 1 saturated heterocycles. The Balaban J connectivity index is 2.07. The SMILES string of the molecule is CC(C)(C)[C@H]1N[C@@H]1C(=O)c1ccccc1. The molecular weight excluding hydrogens is 186 g/mol. The number of nitrogens with one attached hydrogen (secondary N) is 1. The monoisotopic (exact) mass is 203 g/mol. The van der Waals surface area contributed by atoms with Crippen molar-refractivity contribution in [1.82, 2.24) is 5.32 Å². The van der Waals surface area contributed by atoms with Gasteiger partial charge in [0.15, 0.2) is 5.78 Å². The summed E-state index contributed by atoms with van der Waals surface area (Å²) < 4.78 is 0. The van der Waals surface area contributed by atoms with Crippen LogP contribution in [0.3, 0.4) is 0 Å². The van der Waals surface area contributed by atoms with Gasteiger partial charge >= 0.3 is 0 Å². The van der Waals surface area contributed by atoms with E-state index in [1.807, 2.05) is 30.3 Å². The van der Waals surface area contributed by atoms with Gasteiger partial charge in [0, 0.05) is 11.6 Å². The second-order valence-corrected chi connectivity index (χ2v) is 5.22. The van der Waals surface area contributed by atoms with Crippen LogP contribution in [0.2, 0.25) is 0 Å². The summed E-state index contributed by atoms with van der Waals surface area (Å²) in [7, 11) is 0. The highest BCUT2D eigenvalue weighted by Crippen LogP contribution is 2.32. The van der Waals surface area contributed by atoms with Crippen LogP contribution in [-0.2, 0) is 0 Å². The summed E-state index contributed by atoms with van der Waals surface area (Å²) in [5.74, 6) is 0.218. The second-order valence-electron chi connectivity index (χ2n) is 5.22. The lowest BCUT2D eigenvalue weighted by Crippen LogP contribution is -2.20. The number of benzene rings is 1. The number of hydrogen-bond donors (Lipinski definition) is 1. The predicted octanol–water partition coefficient (Wildman–Crippen LogP) is 2.26. The number of Topliss-reactive ketones (excluding diaryl/α,β-unsaturated/α-hetero) is 1. The zero-order valence-corrected chi connectivity index (χ0v) is 9.45. The van der Waals surface area contributed by atoms with Crippen LogP contribution in [0.15, 0.2) is 30.3 Å². The Hall–Kier alpha value is -1.15. The molecule has 0 unspecified atom stereocenters. The Morgan fingerprint density at radius 3 is 2.27 bits per heavy atom. The van der Waals surface area contributed by atoms with Crippen LogP contribution < -0.4 is 5.32 Å². The van der Waals surface area contributed by atoms with Gasteiger partial charge in [0.2, 0.25) is 0 Å². The Bertz CT molecular complexity index is 364. The van der Waals surface area contributed by atoms with Crippen molar-refractivity contribution in [3.63, 3.8) is 0 Å². The molecule has 0 bridgehead atoms. The average Bonchev–Trinajstić information content (AvgIpc) is 2.97. The molecule has 2 heteroatoms. The summed E-state index contributed by atoms with van der Waals surface area (Å²) in [6.07, 6.45) is 0. The van der Waals surface area contributed by atoms with Crippen molar-refractivity contribution in [3.8, 4) is 0 Å². The maximum absolute atomic E-state index is 12.0. The van der Waals surface area contributed by atoms with Crippen molar-refractivity contribution >= 4 is 5.78 Å². The maximum Gasteiger partial charge on any atom is 0.181 e. The van der Waals surface area contributed by atoms with E-state index in [-0.39, 0.29) is 17.2 Å². The Morgan fingerprint density at radius 2 is 1.80 bits per heavy atom. The fourth-order valence-electron chi connectivity index (χ4n) is 1.90. The lowest BCUT2D eigenvalue weighted by Gasteiger charge is -2.15. The standard InChI is InChI=1S/C13H17NO/c1-13(2,3)12-10(14-12)11(15)9-7-5-4-6-8-9/h4-8,10,12,14H,1-3H3/t10-,12+/m1/s1. The zero-order chi connectivity index (χ0) is 11.1. The van der Waals surface area contributed by atoms with Crippen molar-refractivity contribution in [2.24, 2.45) is 5.41 Å². The highest BCUT2D eigenvalue weighted by molar-refractivity contribution is 6.02. The summed E-state index contributed by atoms with van der Waals surface area (Å²) in [6.45, 7) is 6.47. The smallest absolute Gasteiger partial charge is 0.181 e. The first-order valence-electron chi connectivity index (χ1n) is 5.35. The highest BCUT2D eigenvalue weighted by atomic mass is 16.1. The Morgan fingerprint density at radius 1 is 1.20 bits per heavy atom. The predicted molar refractivity (Wildman–Crippen MR) is 60.9 cm³/mol. The molecule has 0 aliphatic carbocycles. The molecule has 0 amide bonds. The van der Waals surface area contributed by atoms with Gasteiger partial charge in [-0.25, -0.2) is 0 Å². The van der Waals surface area contributed by atoms with E-state index in [4.69, 9.17) is 0 Å². The topological polar surface area (TPSA) is 39.0 Å². The van der Waals surface area contributed by atoms with E-state index in [1.54, 1.807) is 0 Å². The molecule has 1 aromatic rings. The third-order valence-electron chi connectivity index (χ3n) is 2.86. The summed E-state index contributed by atoms with van der Waals surface area (Å²) in [4.78, 5) is 12.0. The van der Waals surface area contributed by atoms with E-state index < -0.39 is 0 Å². The van der Waals surface area contributed by atoms with E-state index in [1.165, 1.54) is 0 Å². The molecule has 0 aromatic heterocycles. The molecule has 1 aromatic carbocycles. The molecule has 80 valence electrons. The molecule has 1 aliphatic rings. The molecule has 1 fully saturated rings. The van der Waals surface area contributed by atoms with E-state index in [2.05, 4.69) is 26.1 Å². The average molecular weight is 203 g/mol.